The zero-order valence-corrected chi connectivity index (χ0v) is 15.1. The number of carboxylic acids is 1. The average Bonchev–Trinajstić information content (AvgIpc) is 2.63. The van der Waals surface area contributed by atoms with Gasteiger partial charge in [0.05, 0.1) is 12.2 Å². The third-order valence-corrected chi connectivity index (χ3v) is 4.24. The van der Waals surface area contributed by atoms with E-state index in [2.05, 4.69) is 24.3 Å². The number of aliphatic carboxylic acids is 1. The number of unbranched alkanes of at least 4 members (excludes halogenated alkanes) is 1. The number of hydrogen-bond donors (Lipinski definition) is 2. The number of aliphatic hydroxyl groups excluding tert-OH is 1. The van der Waals surface area contributed by atoms with E-state index < -0.39 is 5.97 Å². The van der Waals surface area contributed by atoms with Crippen LogP contribution in [0.4, 0.5) is 0 Å². The van der Waals surface area contributed by atoms with Crippen molar-refractivity contribution in [1.29, 1.82) is 0 Å². The van der Waals surface area contributed by atoms with Crippen LogP contribution in [0.1, 0.15) is 37.3 Å². The molecule has 4 heteroatoms. The predicted molar refractivity (Wildman–Crippen MR) is 103 cm³/mol. The number of carboxylic acid groups (broad SMARTS) is 1. The Kier molecular flexibility index (Phi) is 7.90. The summed E-state index contributed by atoms with van der Waals surface area (Å²) >= 11 is 0. The molecule has 2 N–H and O–H groups in total. The Balaban J connectivity index is 1.85. The molecule has 4 nitrogen and oxygen atoms in total. The van der Waals surface area contributed by atoms with Gasteiger partial charge in [-0.15, -0.1) is 0 Å². The summed E-state index contributed by atoms with van der Waals surface area (Å²) < 4.78 is 5.74. The van der Waals surface area contributed by atoms with Crippen molar-refractivity contribution in [2.75, 3.05) is 13.2 Å². The van der Waals surface area contributed by atoms with Gasteiger partial charge in [-0.05, 0) is 55.9 Å². The van der Waals surface area contributed by atoms with Gasteiger partial charge in [-0.2, -0.15) is 0 Å². The summed E-state index contributed by atoms with van der Waals surface area (Å²) in [5.74, 6) is -0.247. The Morgan fingerprint density at radius 2 is 1.69 bits per heavy atom. The van der Waals surface area contributed by atoms with E-state index in [9.17, 15) is 9.90 Å². The van der Waals surface area contributed by atoms with Crippen LogP contribution in [0.5, 0.6) is 5.75 Å². The van der Waals surface area contributed by atoms with Gasteiger partial charge in [-0.3, -0.25) is 0 Å². The van der Waals surface area contributed by atoms with Crippen LogP contribution in [0.25, 0.3) is 5.57 Å². The molecule has 0 saturated carbocycles. The molecule has 0 aliphatic heterocycles. The Hall–Kier alpha value is -2.59. The molecule has 0 heterocycles. The minimum atomic E-state index is -0.981. The van der Waals surface area contributed by atoms with Crippen molar-refractivity contribution in [2.24, 2.45) is 0 Å². The molecule has 0 aliphatic rings. The number of aryl methyl sites for hydroxylation is 1. The fourth-order valence-electron chi connectivity index (χ4n) is 2.83. The van der Waals surface area contributed by atoms with E-state index >= 15 is 0 Å². The molecule has 0 fully saturated rings. The van der Waals surface area contributed by atoms with Crippen molar-refractivity contribution >= 4 is 11.5 Å². The first-order valence-corrected chi connectivity index (χ1v) is 8.93. The smallest absolute Gasteiger partial charge is 0.336 e. The summed E-state index contributed by atoms with van der Waals surface area (Å²) in [7, 11) is 0. The topological polar surface area (TPSA) is 66.8 Å². The number of ether oxygens (including phenoxy) is 1. The van der Waals surface area contributed by atoms with Crippen LogP contribution in [0.15, 0.2) is 60.2 Å². The minimum Gasteiger partial charge on any atom is -0.494 e. The van der Waals surface area contributed by atoms with E-state index in [4.69, 9.17) is 9.84 Å². The molecule has 2 rings (SSSR count). The van der Waals surface area contributed by atoms with Crippen LogP contribution in [0.2, 0.25) is 0 Å². The molecule has 0 saturated heterocycles. The average molecular weight is 354 g/mol. The van der Waals surface area contributed by atoms with Gasteiger partial charge >= 0.3 is 5.97 Å². The van der Waals surface area contributed by atoms with Gasteiger partial charge in [-0.1, -0.05) is 48.0 Å². The van der Waals surface area contributed by atoms with Gasteiger partial charge in [0.25, 0.3) is 0 Å². The fourth-order valence-corrected chi connectivity index (χ4v) is 2.83. The lowest BCUT2D eigenvalue weighted by Crippen LogP contribution is -2.04. The molecule has 0 aromatic heterocycles. The highest BCUT2D eigenvalue weighted by Gasteiger charge is 2.14. The summed E-state index contributed by atoms with van der Waals surface area (Å²) in [5.41, 5.74) is 2.87. The van der Waals surface area contributed by atoms with E-state index in [0.29, 0.717) is 24.2 Å². The Labute approximate surface area is 154 Å². The zero-order chi connectivity index (χ0) is 18.8. The SMILES string of the molecule is CC(CCO)=C(C(=O)O)c1ccc(OCCCCc2ccccc2)cc1. The van der Waals surface area contributed by atoms with E-state index in [-0.39, 0.29) is 12.2 Å². The molecule has 0 amide bonds. The highest BCUT2D eigenvalue weighted by Crippen LogP contribution is 2.23. The first-order chi connectivity index (χ1) is 12.6. The first kappa shape index (κ1) is 19.7. The molecule has 26 heavy (non-hydrogen) atoms. The Morgan fingerprint density at radius 3 is 2.31 bits per heavy atom. The van der Waals surface area contributed by atoms with Crippen molar-refractivity contribution in [3.8, 4) is 5.75 Å². The summed E-state index contributed by atoms with van der Waals surface area (Å²) in [6, 6.07) is 17.5. The van der Waals surface area contributed by atoms with E-state index in [1.807, 2.05) is 6.07 Å². The molecular weight excluding hydrogens is 328 g/mol. The molecule has 0 unspecified atom stereocenters. The van der Waals surface area contributed by atoms with E-state index in [0.717, 1.165) is 25.0 Å². The fraction of sp³-hybridized carbons (Fsp3) is 0.318. The maximum absolute atomic E-state index is 11.5. The van der Waals surface area contributed by atoms with Gasteiger partial charge in [0.1, 0.15) is 5.75 Å². The van der Waals surface area contributed by atoms with Crippen molar-refractivity contribution in [2.45, 2.75) is 32.6 Å². The van der Waals surface area contributed by atoms with Crippen LogP contribution in [-0.2, 0) is 11.2 Å². The highest BCUT2D eigenvalue weighted by atomic mass is 16.5. The Bertz CT molecular complexity index is 718. The molecule has 0 atom stereocenters. The third-order valence-electron chi connectivity index (χ3n) is 4.24. The number of aliphatic hydroxyl groups is 1. The molecule has 0 aliphatic carbocycles. The van der Waals surface area contributed by atoms with Crippen LogP contribution in [-0.4, -0.2) is 29.4 Å². The van der Waals surface area contributed by atoms with Crippen molar-refractivity contribution < 1.29 is 19.7 Å². The maximum Gasteiger partial charge on any atom is 0.336 e. The lowest BCUT2D eigenvalue weighted by Gasteiger charge is -2.10. The summed E-state index contributed by atoms with van der Waals surface area (Å²) in [6.45, 7) is 2.31. The van der Waals surface area contributed by atoms with Crippen molar-refractivity contribution in [3.63, 3.8) is 0 Å². The number of carbonyl (C=O) groups is 1. The minimum absolute atomic E-state index is 0.0627. The molecular formula is C22H26O4. The predicted octanol–water partition coefficient (Wildman–Crippen LogP) is 4.33. The molecule has 0 radical (unpaired) electrons. The van der Waals surface area contributed by atoms with Gasteiger partial charge in [-0.25, -0.2) is 4.79 Å². The summed E-state index contributed by atoms with van der Waals surface area (Å²) in [5, 5.41) is 18.4. The van der Waals surface area contributed by atoms with Crippen LogP contribution >= 0.6 is 0 Å². The van der Waals surface area contributed by atoms with Gasteiger partial charge in [0.2, 0.25) is 0 Å². The highest BCUT2D eigenvalue weighted by molar-refractivity contribution is 6.16. The summed E-state index contributed by atoms with van der Waals surface area (Å²) in [6.07, 6.45) is 3.42. The van der Waals surface area contributed by atoms with Crippen LogP contribution in [0.3, 0.4) is 0 Å². The third kappa shape index (κ3) is 6.05. The van der Waals surface area contributed by atoms with E-state index in [1.54, 1.807) is 31.2 Å². The summed E-state index contributed by atoms with van der Waals surface area (Å²) in [4.78, 5) is 11.5. The number of rotatable bonds is 10. The maximum atomic E-state index is 11.5. The second-order valence-electron chi connectivity index (χ2n) is 6.25. The van der Waals surface area contributed by atoms with Gasteiger partial charge in [0, 0.05) is 6.61 Å². The number of benzene rings is 2. The van der Waals surface area contributed by atoms with Gasteiger partial charge in [0.15, 0.2) is 0 Å². The van der Waals surface area contributed by atoms with Crippen LogP contribution < -0.4 is 4.74 Å². The quantitative estimate of drug-likeness (QED) is 0.492. The Morgan fingerprint density at radius 1 is 1.00 bits per heavy atom. The molecule has 2 aromatic carbocycles. The molecule has 0 bridgehead atoms. The normalized spacial score (nSPS) is 11.8. The first-order valence-electron chi connectivity index (χ1n) is 8.93. The molecule has 0 spiro atoms. The zero-order valence-electron chi connectivity index (χ0n) is 15.1. The lowest BCUT2D eigenvalue weighted by molar-refractivity contribution is -0.130. The lowest BCUT2D eigenvalue weighted by atomic mass is 9.99. The largest absolute Gasteiger partial charge is 0.494 e. The monoisotopic (exact) mass is 354 g/mol. The van der Waals surface area contributed by atoms with E-state index in [1.165, 1.54) is 5.56 Å². The van der Waals surface area contributed by atoms with Crippen molar-refractivity contribution in [1.82, 2.24) is 0 Å². The number of hydrogen-bond acceptors (Lipinski definition) is 3. The van der Waals surface area contributed by atoms with Crippen LogP contribution in [0, 0.1) is 0 Å². The second kappa shape index (κ2) is 10.4. The standard InChI is InChI=1S/C22H26O4/c1-17(14-15-23)21(22(24)25)19-10-12-20(13-11-19)26-16-6-5-9-18-7-3-2-4-8-18/h2-4,7-8,10-13,23H,5-6,9,14-16H2,1H3,(H,24,25). The van der Waals surface area contributed by atoms with Crippen molar-refractivity contribution in [3.05, 3.63) is 71.3 Å². The van der Waals surface area contributed by atoms with Gasteiger partial charge < -0.3 is 14.9 Å². The second-order valence-corrected chi connectivity index (χ2v) is 6.25. The molecule has 2 aromatic rings. The molecule has 138 valence electrons.